The normalized spacial score (nSPS) is 18.5. The van der Waals surface area contributed by atoms with E-state index in [2.05, 4.69) is 96.8 Å². The zero-order valence-corrected chi connectivity index (χ0v) is 21.4. The van der Waals surface area contributed by atoms with E-state index in [1.165, 1.54) is 27.5 Å². The van der Waals surface area contributed by atoms with Gasteiger partial charge in [-0.05, 0) is 58.6 Å². The average molecular weight is 506 g/mol. The van der Waals surface area contributed by atoms with Gasteiger partial charge in [0.25, 0.3) is 0 Å². The van der Waals surface area contributed by atoms with Gasteiger partial charge in [0.1, 0.15) is 12.4 Å². The van der Waals surface area contributed by atoms with Gasteiger partial charge in [0.05, 0.1) is 18.0 Å². The number of fused-ring (bicyclic) bond motifs is 1. The lowest BCUT2D eigenvalue weighted by atomic mass is 9.87. The van der Waals surface area contributed by atoms with Crippen molar-refractivity contribution in [2.24, 2.45) is 0 Å². The zero-order chi connectivity index (χ0) is 23.2. The van der Waals surface area contributed by atoms with E-state index in [1.54, 1.807) is 0 Å². The van der Waals surface area contributed by atoms with Crippen LogP contribution in [0.15, 0.2) is 97.1 Å². The molecule has 1 heterocycles. The molecular formula is C30H32ClNO2S. The minimum atomic E-state index is 0. The maximum Gasteiger partial charge on any atom is 0.119 e. The van der Waals surface area contributed by atoms with Gasteiger partial charge in [-0.15, -0.1) is 12.4 Å². The Hall–Kier alpha value is -2.50. The van der Waals surface area contributed by atoms with Crippen LogP contribution in [-0.4, -0.2) is 25.8 Å². The largest absolute Gasteiger partial charge is 0.492 e. The number of nitrogens with one attached hydrogen (secondary N) is 1. The maximum atomic E-state index is 6.44. The van der Waals surface area contributed by atoms with Gasteiger partial charge >= 0.3 is 0 Å². The fourth-order valence-corrected chi connectivity index (χ4v) is 4.92. The number of rotatable bonds is 8. The number of thiol groups is 1. The molecule has 1 aliphatic heterocycles. The van der Waals surface area contributed by atoms with E-state index in [0.717, 1.165) is 25.3 Å². The lowest BCUT2D eigenvalue weighted by molar-refractivity contribution is 0.0106. The summed E-state index contributed by atoms with van der Waals surface area (Å²) in [5, 5.41) is 6.08. The van der Waals surface area contributed by atoms with Crippen molar-refractivity contribution >= 4 is 35.8 Å². The summed E-state index contributed by atoms with van der Waals surface area (Å²) in [6, 6.07) is 33.8. The van der Waals surface area contributed by atoms with Crippen LogP contribution in [0.1, 0.15) is 34.3 Å². The molecule has 1 N–H and O–H groups in total. The second-order valence-corrected chi connectivity index (χ2v) is 9.56. The zero-order valence-electron chi connectivity index (χ0n) is 19.7. The molecule has 0 radical (unpaired) electrons. The molecule has 1 aliphatic rings. The predicted molar refractivity (Wildman–Crippen MR) is 150 cm³/mol. The molecular weight excluding hydrogens is 474 g/mol. The fraction of sp³-hybridized carbons (Fsp3) is 0.267. The van der Waals surface area contributed by atoms with Crippen molar-refractivity contribution in [3.05, 3.63) is 114 Å². The monoisotopic (exact) mass is 505 g/mol. The molecule has 1 fully saturated rings. The minimum absolute atomic E-state index is 0. The molecule has 1 saturated heterocycles. The summed E-state index contributed by atoms with van der Waals surface area (Å²) in [6.07, 6.45) is 1.21. The maximum absolute atomic E-state index is 6.44. The van der Waals surface area contributed by atoms with Crippen molar-refractivity contribution in [1.29, 1.82) is 0 Å². The van der Waals surface area contributed by atoms with Crippen molar-refractivity contribution < 1.29 is 9.47 Å². The molecule has 0 aliphatic carbocycles. The Labute approximate surface area is 219 Å². The Kier molecular flexibility index (Phi) is 9.11. The predicted octanol–water partition coefficient (Wildman–Crippen LogP) is 6.97. The molecule has 35 heavy (non-hydrogen) atoms. The first-order chi connectivity index (χ1) is 16.8. The van der Waals surface area contributed by atoms with Crippen LogP contribution in [0.3, 0.4) is 0 Å². The molecule has 3 nitrogen and oxygen atoms in total. The van der Waals surface area contributed by atoms with E-state index >= 15 is 0 Å². The first kappa shape index (κ1) is 25.6. The molecule has 5 heteroatoms. The van der Waals surface area contributed by atoms with Crippen molar-refractivity contribution in [3.8, 4) is 5.75 Å². The first-order valence-electron chi connectivity index (χ1n) is 12.0. The van der Waals surface area contributed by atoms with Crippen LogP contribution >= 0.6 is 25.0 Å². The van der Waals surface area contributed by atoms with Crippen molar-refractivity contribution in [2.75, 3.05) is 19.7 Å². The smallest absolute Gasteiger partial charge is 0.119 e. The molecule has 0 aromatic heterocycles. The second-order valence-electron chi connectivity index (χ2n) is 8.94. The summed E-state index contributed by atoms with van der Waals surface area (Å²) in [6.45, 7) is 3.04. The highest BCUT2D eigenvalue weighted by Gasteiger charge is 2.27. The molecule has 4 aromatic carbocycles. The van der Waals surface area contributed by atoms with E-state index in [4.69, 9.17) is 9.47 Å². The Balaban J connectivity index is 0.00000289. The summed E-state index contributed by atoms with van der Waals surface area (Å²) in [4.78, 5) is 0. The molecule has 3 unspecified atom stereocenters. The molecule has 0 amide bonds. The van der Waals surface area contributed by atoms with Gasteiger partial charge in [0.15, 0.2) is 0 Å². The number of piperidine rings is 1. The number of benzene rings is 4. The Morgan fingerprint density at radius 2 is 1.60 bits per heavy atom. The number of halogens is 1. The van der Waals surface area contributed by atoms with Crippen LogP contribution in [0.2, 0.25) is 0 Å². The summed E-state index contributed by atoms with van der Waals surface area (Å²) >= 11 is 4.69. The van der Waals surface area contributed by atoms with E-state index in [1.807, 2.05) is 18.2 Å². The van der Waals surface area contributed by atoms with E-state index in [0.29, 0.717) is 19.1 Å². The van der Waals surface area contributed by atoms with Gasteiger partial charge in [0, 0.05) is 12.5 Å². The molecule has 5 rings (SSSR count). The lowest BCUT2D eigenvalue weighted by Crippen LogP contribution is -2.40. The standard InChI is InChI=1S/C30H31NO2S.ClH/c34-30(25-7-2-1-3-8-25)21-32-27-14-12-24(13-15-27)28-16-17-31-19-29(28)33-20-22-10-11-23-6-4-5-9-26(23)18-22;/h1-15,18,28-31,34H,16-17,19-21H2;1H. The van der Waals surface area contributed by atoms with Crippen LogP contribution in [0.5, 0.6) is 5.75 Å². The van der Waals surface area contributed by atoms with Crippen LogP contribution < -0.4 is 10.1 Å². The van der Waals surface area contributed by atoms with Crippen LogP contribution in [-0.2, 0) is 11.3 Å². The second kappa shape index (κ2) is 12.5. The third-order valence-electron chi connectivity index (χ3n) is 6.60. The highest BCUT2D eigenvalue weighted by molar-refractivity contribution is 7.80. The lowest BCUT2D eigenvalue weighted by Gasteiger charge is -2.32. The third-order valence-corrected chi connectivity index (χ3v) is 7.05. The number of hydrogen-bond donors (Lipinski definition) is 2. The highest BCUT2D eigenvalue weighted by Crippen LogP contribution is 2.30. The average Bonchev–Trinajstić information content (AvgIpc) is 2.91. The quantitative estimate of drug-likeness (QED) is 0.253. The van der Waals surface area contributed by atoms with E-state index in [-0.39, 0.29) is 23.8 Å². The Morgan fingerprint density at radius 3 is 2.40 bits per heavy atom. The SMILES string of the molecule is Cl.SC(COc1ccc(C2CCNCC2OCc2ccc3ccccc3c2)cc1)c1ccccc1. The van der Waals surface area contributed by atoms with E-state index in [9.17, 15) is 0 Å². The summed E-state index contributed by atoms with van der Waals surface area (Å²) in [7, 11) is 0. The highest BCUT2D eigenvalue weighted by atomic mass is 35.5. The topological polar surface area (TPSA) is 30.5 Å². The van der Waals surface area contributed by atoms with Crippen molar-refractivity contribution in [2.45, 2.75) is 30.3 Å². The number of ether oxygens (including phenoxy) is 2. The molecule has 3 atom stereocenters. The van der Waals surface area contributed by atoms with Gasteiger partial charge < -0.3 is 14.8 Å². The number of hydrogen-bond acceptors (Lipinski definition) is 4. The summed E-state index contributed by atoms with van der Waals surface area (Å²) in [5.41, 5.74) is 3.69. The summed E-state index contributed by atoms with van der Waals surface area (Å²) in [5.74, 6) is 1.25. The van der Waals surface area contributed by atoms with Gasteiger partial charge in [-0.3, -0.25) is 0 Å². The molecule has 0 spiro atoms. The minimum Gasteiger partial charge on any atom is -0.492 e. The van der Waals surface area contributed by atoms with Crippen LogP contribution in [0.25, 0.3) is 10.8 Å². The van der Waals surface area contributed by atoms with Crippen molar-refractivity contribution in [1.82, 2.24) is 5.32 Å². The van der Waals surface area contributed by atoms with Gasteiger partial charge in [-0.2, -0.15) is 12.6 Å². The molecule has 0 bridgehead atoms. The van der Waals surface area contributed by atoms with Gasteiger partial charge in [0.2, 0.25) is 0 Å². The van der Waals surface area contributed by atoms with Gasteiger partial charge in [-0.25, -0.2) is 0 Å². The van der Waals surface area contributed by atoms with Crippen molar-refractivity contribution in [3.63, 3.8) is 0 Å². The van der Waals surface area contributed by atoms with Crippen LogP contribution in [0, 0.1) is 0 Å². The molecule has 0 saturated carbocycles. The summed E-state index contributed by atoms with van der Waals surface area (Å²) < 4.78 is 12.5. The fourth-order valence-electron chi connectivity index (χ4n) is 4.68. The first-order valence-corrected chi connectivity index (χ1v) is 12.5. The molecule has 182 valence electrons. The van der Waals surface area contributed by atoms with Crippen LogP contribution in [0.4, 0.5) is 0 Å². The van der Waals surface area contributed by atoms with Gasteiger partial charge in [-0.1, -0.05) is 78.9 Å². The third kappa shape index (κ3) is 6.59. The Morgan fingerprint density at radius 1 is 0.857 bits per heavy atom. The molecule has 4 aromatic rings. The Bertz CT molecular complexity index is 1200. The van der Waals surface area contributed by atoms with E-state index < -0.39 is 0 Å².